The summed E-state index contributed by atoms with van der Waals surface area (Å²) >= 11 is 6.92. The molecule has 0 bridgehead atoms. The minimum Gasteiger partial charge on any atom is -0.386 e. The number of hydrogen-bond donors (Lipinski definition) is 1. The standard InChI is InChI=1S/C6H7ClOS/c7-4-5(8)6-2-1-3-9-6/h1-3,5,8H,4H2. The molecule has 0 saturated carbocycles. The molecule has 9 heavy (non-hydrogen) atoms. The Balaban J connectivity index is 2.65. The van der Waals surface area contributed by atoms with Gasteiger partial charge < -0.3 is 5.11 Å². The molecule has 50 valence electrons. The molecule has 0 aromatic carbocycles. The Labute approximate surface area is 62.9 Å². The summed E-state index contributed by atoms with van der Waals surface area (Å²) in [4.78, 5) is 0.935. The zero-order valence-corrected chi connectivity index (χ0v) is 6.32. The van der Waals surface area contributed by atoms with E-state index in [-0.39, 0.29) is 5.88 Å². The molecule has 0 radical (unpaired) electrons. The van der Waals surface area contributed by atoms with Crippen LogP contribution < -0.4 is 0 Å². The molecule has 1 atom stereocenters. The molecule has 0 aliphatic rings. The molecule has 1 aromatic rings. The quantitative estimate of drug-likeness (QED) is 0.660. The number of rotatable bonds is 2. The first-order chi connectivity index (χ1) is 4.34. The second kappa shape index (κ2) is 3.20. The topological polar surface area (TPSA) is 20.2 Å². The van der Waals surface area contributed by atoms with Gasteiger partial charge in [0.15, 0.2) is 0 Å². The summed E-state index contributed by atoms with van der Waals surface area (Å²) in [5.41, 5.74) is 0. The van der Waals surface area contributed by atoms with E-state index < -0.39 is 6.10 Å². The van der Waals surface area contributed by atoms with Gasteiger partial charge in [-0.1, -0.05) is 6.07 Å². The van der Waals surface area contributed by atoms with Crippen molar-refractivity contribution in [2.24, 2.45) is 0 Å². The minimum absolute atomic E-state index is 0.278. The van der Waals surface area contributed by atoms with E-state index in [2.05, 4.69) is 0 Å². The van der Waals surface area contributed by atoms with E-state index >= 15 is 0 Å². The summed E-state index contributed by atoms with van der Waals surface area (Å²) in [6.45, 7) is 0. The van der Waals surface area contributed by atoms with Crippen LogP contribution in [0.1, 0.15) is 11.0 Å². The van der Waals surface area contributed by atoms with Gasteiger partial charge in [-0.2, -0.15) is 0 Å². The van der Waals surface area contributed by atoms with Crippen LogP contribution >= 0.6 is 22.9 Å². The van der Waals surface area contributed by atoms with E-state index in [0.717, 1.165) is 4.88 Å². The summed E-state index contributed by atoms with van der Waals surface area (Å²) in [5.74, 6) is 0.278. The van der Waals surface area contributed by atoms with Crippen LogP contribution in [-0.4, -0.2) is 11.0 Å². The fourth-order valence-electron chi connectivity index (χ4n) is 0.557. The van der Waals surface area contributed by atoms with Crippen LogP contribution in [0.2, 0.25) is 0 Å². The third-order valence-corrected chi connectivity index (χ3v) is 2.28. The van der Waals surface area contributed by atoms with Crippen molar-refractivity contribution in [3.05, 3.63) is 22.4 Å². The maximum Gasteiger partial charge on any atom is 0.102 e. The van der Waals surface area contributed by atoms with Gasteiger partial charge in [0.25, 0.3) is 0 Å². The predicted octanol–water partition coefficient (Wildman–Crippen LogP) is 2.02. The summed E-state index contributed by atoms with van der Waals surface area (Å²) < 4.78 is 0. The van der Waals surface area contributed by atoms with Crippen molar-refractivity contribution in [1.82, 2.24) is 0 Å². The van der Waals surface area contributed by atoms with Crippen LogP contribution in [-0.2, 0) is 0 Å². The van der Waals surface area contributed by atoms with Crippen LogP contribution in [0.15, 0.2) is 17.5 Å². The fraction of sp³-hybridized carbons (Fsp3) is 0.333. The van der Waals surface area contributed by atoms with E-state index in [1.807, 2.05) is 17.5 Å². The Kier molecular flexibility index (Phi) is 2.51. The molecule has 0 aliphatic heterocycles. The fourth-order valence-corrected chi connectivity index (χ4v) is 1.53. The first-order valence-corrected chi connectivity index (χ1v) is 4.03. The lowest BCUT2D eigenvalue weighted by Gasteiger charge is -1.99. The van der Waals surface area contributed by atoms with Crippen LogP contribution in [0, 0.1) is 0 Å². The lowest BCUT2D eigenvalue weighted by atomic mass is 10.3. The van der Waals surface area contributed by atoms with E-state index in [1.165, 1.54) is 11.3 Å². The van der Waals surface area contributed by atoms with E-state index in [0.29, 0.717) is 0 Å². The SMILES string of the molecule is OC(CCl)c1cccs1. The lowest BCUT2D eigenvalue weighted by molar-refractivity contribution is 0.206. The van der Waals surface area contributed by atoms with E-state index in [4.69, 9.17) is 16.7 Å². The smallest absolute Gasteiger partial charge is 0.102 e. The van der Waals surface area contributed by atoms with Crippen molar-refractivity contribution < 1.29 is 5.11 Å². The zero-order chi connectivity index (χ0) is 6.69. The molecule has 1 unspecified atom stereocenters. The van der Waals surface area contributed by atoms with Crippen LogP contribution in [0.25, 0.3) is 0 Å². The van der Waals surface area contributed by atoms with Crippen molar-refractivity contribution in [2.45, 2.75) is 6.10 Å². The molecular formula is C6H7ClOS. The van der Waals surface area contributed by atoms with Gasteiger partial charge in [-0.25, -0.2) is 0 Å². The van der Waals surface area contributed by atoms with Crippen molar-refractivity contribution >= 4 is 22.9 Å². The highest BCUT2D eigenvalue weighted by atomic mass is 35.5. The molecule has 0 aliphatic carbocycles. The lowest BCUT2D eigenvalue weighted by Crippen LogP contribution is -1.93. The molecular weight excluding hydrogens is 156 g/mol. The molecule has 1 aromatic heterocycles. The summed E-state index contributed by atoms with van der Waals surface area (Å²) in [6, 6.07) is 3.77. The van der Waals surface area contributed by atoms with Gasteiger partial charge in [-0.3, -0.25) is 0 Å². The van der Waals surface area contributed by atoms with Gasteiger partial charge in [0, 0.05) is 4.88 Å². The Hall–Kier alpha value is -0.0500. The van der Waals surface area contributed by atoms with Gasteiger partial charge in [0.1, 0.15) is 6.10 Å². The third-order valence-electron chi connectivity index (χ3n) is 1.02. The molecule has 0 fully saturated rings. The average Bonchev–Trinajstić information content (AvgIpc) is 2.37. The molecule has 0 saturated heterocycles. The molecule has 0 spiro atoms. The number of alkyl halides is 1. The third kappa shape index (κ3) is 1.68. The van der Waals surface area contributed by atoms with Crippen LogP contribution in [0.5, 0.6) is 0 Å². The maximum absolute atomic E-state index is 9.10. The Morgan fingerprint density at radius 1 is 1.78 bits per heavy atom. The van der Waals surface area contributed by atoms with Crippen molar-refractivity contribution in [3.8, 4) is 0 Å². The Bertz CT molecular complexity index is 162. The number of thiophene rings is 1. The summed E-state index contributed by atoms with van der Waals surface area (Å²) in [7, 11) is 0. The number of aliphatic hydroxyl groups excluding tert-OH is 1. The first kappa shape index (κ1) is 7.06. The van der Waals surface area contributed by atoms with E-state index in [9.17, 15) is 0 Å². The highest BCUT2D eigenvalue weighted by Crippen LogP contribution is 2.18. The Morgan fingerprint density at radius 3 is 3.00 bits per heavy atom. The molecule has 1 nitrogen and oxygen atoms in total. The number of halogens is 1. The van der Waals surface area contributed by atoms with Gasteiger partial charge in [-0.05, 0) is 11.4 Å². The van der Waals surface area contributed by atoms with Crippen LogP contribution in [0.4, 0.5) is 0 Å². The summed E-state index contributed by atoms with van der Waals surface area (Å²) in [6.07, 6.45) is -0.480. The molecule has 1 heterocycles. The largest absolute Gasteiger partial charge is 0.386 e. The van der Waals surface area contributed by atoms with E-state index in [1.54, 1.807) is 0 Å². The highest BCUT2D eigenvalue weighted by Gasteiger charge is 2.04. The predicted molar refractivity (Wildman–Crippen MR) is 40.0 cm³/mol. The van der Waals surface area contributed by atoms with Gasteiger partial charge in [-0.15, -0.1) is 22.9 Å². The normalized spacial score (nSPS) is 13.6. The summed E-state index contributed by atoms with van der Waals surface area (Å²) in [5, 5.41) is 11.0. The minimum atomic E-state index is -0.480. The monoisotopic (exact) mass is 162 g/mol. The molecule has 1 N–H and O–H groups in total. The second-order valence-electron chi connectivity index (χ2n) is 1.69. The van der Waals surface area contributed by atoms with Crippen molar-refractivity contribution in [3.63, 3.8) is 0 Å². The zero-order valence-electron chi connectivity index (χ0n) is 4.75. The number of aliphatic hydroxyl groups is 1. The highest BCUT2D eigenvalue weighted by molar-refractivity contribution is 7.10. The maximum atomic E-state index is 9.10. The van der Waals surface area contributed by atoms with Gasteiger partial charge >= 0.3 is 0 Å². The first-order valence-electron chi connectivity index (χ1n) is 2.62. The average molecular weight is 163 g/mol. The van der Waals surface area contributed by atoms with Crippen molar-refractivity contribution in [2.75, 3.05) is 5.88 Å². The van der Waals surface area contributed by atoms with Crippen molar-refractivity contribution in [1.29, 1.82) is 0 Å². The van der Waals surface area contributed by atoms with Crippen LogP contribution in [0.3, 0.4) is 0 Å². The second-order valence-corrected chi connectivity index (χ2v) is 2.97. The Morgan fingerprint density at radius 2 is 2.56 bits per heavy atom. The number of hydrogen-bond acceptors (Lipinski definition) is 2. The van der Waals surface area contributed by atoms with Gasteiger partial charge in [0.2, 0.25) is 0 Å². The molecule has 0 amide bonds. The molecule has 1 rings (SSSR count). The molecule has 3 heteroatoms. The van der Waals surface area contributed by atoms with Gasteiger partial charge in [0.05, 0.1) is 5.88 Å².